The Morgan fingerprint density at radius 2 is 1.96 bits per heavy atom. The zero-order valence-electron chi connectivity index (χ0n) is 13.4. The average molecular weight is 313 g/mol. The molecular weight excluding hydrogens is 294 g/mol. The molecule has 0 bridgehead atoms. The third-order valence-electron chi connectivity index (χ3n) is 4.50. The van der Waals surface area contributed by atoms with Gasteiger partial charge < -0.3 is 10.0 Å². The van der Waals surface area contributed by atoms with Gasteiger partial charge in [0.15, 0.2) is 6.04 Å². The molecule has 1 aliphatic rings. The summed E-state index contributed by atoms with van der Waals surface area (Å²) in [5.41, 5.74) is 3.55. The fraction of sp³-hybridized carbons (Fsp3) is 0.353. The number of nitrogens with zero attached hydrogens (tertiary/aromatic N) is 3. The van der Waals surface area contributed by atoms with Crippen LogP contribution < -0.4 is 0 Å². The van der Waals surface area contributed by atoms with Gasteiger partial charge in [0.2, 0.25) is 0 Å². The Labute approximate surface area is 134 Å². The Kier molecular flexibility index (Phi) is 3.67. The first-order valence-corrected chi connectivity index (χ1v) is 7.53. The van der Waals surface area contributed by atoms with Crippen LogP contribution in [0.25, 0.3) is 0 Å². The molecule has 0 saturated heterocycles. The van der Waals surface area contributed by atoms with Crippen molar-refractivity contribution in [1.82, 2.24) is 14.7 Å². The molecular formula is C17H19N3O3. The third kappa shape index (κ3) is 2.40. The van der Waals surface area contributed by atoms with Crippen LogP contribution >= 0.6 is 0 Å². The van der Waals surface area contributed by atoms with Gasteiger partial charge in [0.05, 0.1) is 11.3 Å². The zero-order chi connectivity index (χ0) is 16.7. The molecule has 2 aromatic rings. The van der Waals surface area contributed by atoms with Gasteiger partial charge in [0.1, 0.15) is 0 Å². The molecule has 0 radical (unpaired) electrons. The fourth-order valence-corrected chi connectivity index (χ4v) is 3.28. The Balaban J connectivity index is 2.06. The Morgan fingerprint density at radius 3 is 2.57 bits per heavy atom. The van der Waals surface area contributed by atoms with Crippen molar-refractivity contribution in [1.29, 1.82) is 0 Å². The van der Waals surface area contributed by atoms with Crippen molar-refractivity contribution in [3.8, 4) is 0 Å². The number of aromatic nitrogens is 2. The maximum absolute atomic E-state index is 13.0. The van der Waals surface area contributed by atoms with Crippen molar-refractivity contribution in [2.24, 2.45) is 7.05 Å². The molecule has 1 amide bonds. The van der Waals surface area contributed by atoms with Gasteiger partial charge in [-0.15, -0.1) is 0 Å². The van der Waals surface area contributed by atoms with Gasteiger partial charge in [-0.3, -0.25) is 9.48 Å². The zero-order valence-corrected chi connectivity index (χ0v) is 13.4. The highest BCUT2D eigenvalue weighted by Crippen LogP contribution is 2.32. The van der Waals surface area contributed by atoms with E-state index < -0.39 is 12.0 Å². The number of carbonyl (C=O) groups is 2. The van der Waals surface area contributed by atoms with E-state index in [9.17, 15) is 14.7 Å². The number of carboxylic acid groups (broad SMARTS) is 1. The van der Waals surface area contributed by atoms with Gasteiger partial charge in [-0.2, -0.15) is 5.10 Å². The summed E-state index contributed by atoms with van der Waals surface area (Å²) in [6.45, 7) is 3.98. The number of carbonyl (C=O) groups excluding carboxylic acids is 1. The first-order valence-electron chi connectivity index (χ1n) is 7.53. The summed E-state index contributed by atoms with van der Waals surface area (Å²) in [6, 6.07) is 6.46. The second kappa shape index (κ2) is 5.53. The lowest BCUT2D eigenvalue weighted by molar-refractivity contribution is -0.143. The number of hydrogen-bond acceptors (Lipinski definition) is 3. The van der Waals surface area contributed by atoms with Gasteiger partial charge in [0.25, 0.3) is 5.91 Å². The Bertz CT molecular complexity index is 794. The lowest BCUT2D eigenvalue weighted by Gasteiger charge is -2.34. The molecule has 0 aliphatic carbocycles. The molecule has 1 aliphatic heterocycles. The Morgan fingerprint density at radius 1 is 1.26 bits per heavy atom. The van der Waals surface area contributed by atoms with Crippen LogP contribution in [0, 0.1) is 13.8 Å². The van der Waals surface area contributed by atoms with Gasteiger partial charge in [-0.25, -0.2) is 4.79 Å². The largest absolute Gasteiger partial charge is 0.479 e. The van der Waals surface area contributed by atoms with Crippen molar-refractivity contribution in [3.63, 3.8) is 0 Å². The maximum atomic E-state index is 13.0. The standard InChI is InChI=1S/C17H19N3O3/c1-10-14(11(2)19(3)18-10)16(21)20-9-8-12-6-4-5-7-13(12)15(20)17(22)23/h4-7,15H,8-9H2,1-3H3,(H,22,23). The summed E-state index contributed by atoms with van der Waals surface area (Å²) in [5, 5.41) is 13.9. The number of amides is 1. The van der Waals surface area contributed by atoms with E-state index in [1.54, 1.807) is 24.7 Å². The van der Waals surface area contributed by atoms with Crippen LogP contribution in [0.4, 0.5) is 0 Å². The van der Waals surface area contributed by atoms with E-state index in [1.807, 2.05) is 25.1 Å². The van der Waals surface area contributed by atoms with Crippen LogP contribution in [-0.4, -0.2) is 38.2 Å². The molecule has 3 rings (SSSR count). The minimum atomic E-state index is -1.01. The number of benzene rings is 1. The molecule has 0 saturated carbocycles. The molecule has 0 fully saturated rings. The predicted molar refractivity (Wildman–Crippen MR) is 84.2 cm³/mol. The molecule has 1 aromatic carbocycles. The number of hydrogen-bond donors (Lipinski definition) is 1. The number of rotatable bonds is 2. The number of carboxylic acids is 1. The Hall–Kier alpha value is -2.63. The van der Waals surface area contributed by atoms with Crippen LogP contribution in [0.1, 0.15) is 38.9 Å². The van der Waals surface area contributed by atoms with E-state index in [0.29, 0.717) is 29.8 Å². The molecule has 0 spiro atoms. The molecule has 6 heteroatoms. The summed E-state index contributed by atoms with van der Waals surface area (Å²) >= 11 is 0. The van der Waals surface area contributed by atoms with Crippen molar-refractivity contribution in [2.75, 3.05) is 6.54 Å². The molecule has 23 heavy (non-hydrogen) atoms. The van der Waals surface area contributed by atoms with Crippen molar-refractivity contribution < 1.29 is 14.7 Å². The predicted octanol–water partition coefficient (Wildman–Crippen LogP) is 1.86. The van der Waals surface area contributed by atoms with E-state index in [-0.39, 0.29) is 5.91 Å². The molecule has 1 aromatic heterocycles. The number of aryl methyl sites for hydroxylation is 2. The second-order valence-corrected chi connectivity index (χ2v) is 5.86. The van der Waals surface area contributed by atoms with Crippen molar-refractivity contribution in [3.05, 3.63) is 52.3 Å². The minimum absolute atomic E-state index is 0.269. The maximum Gasteiger partial charge on any atom is 0.331 e. The quantitative estimate of drug-likeness (QED) is 0.918. The second-order valence-electron chi connectivity index (χ2n) is 5.86. The SMILES string of the molecule is Cc1nn(C)c(C)c1C(=O)N1CCc2ccccc2C1C(=O)O. The van der Waals surface area contributed by atoms with Crippen LogP contribution in [-0.2, 0) is 18.3 Å². The first-order chi connectivity index (χ1) is 10.9. The summed E-state index contributed by atoms with van der Waals surface area (Å²) in [7, 11) is 1.78. The van der Waals surface area contributed by atoms with Crippen molar-refractivity contribution in [2.45, 2.75) is 26.3 Å². The smallest absolute Gasteiger partial charge is 0.331 e. The van der Waals surface area contributed by atoms with Gasteiger partial charge >= 0.3 is 5.97 Å². The molecule has 6 nitrogen and oxygen atoms in total. The lowest BCUT2D eigenvalue weighted by atomic mass is 9.92. The molecule has 2 heterocycles. The van der Waals surface area contributed by atoms with Gasteiger partial charge in [-0.1, -0.05) is 24.3 Å². The van der Waals surface area contributed by atoms with Crippen LogP contribution in [0.5, 0.6) is 0 Å². The van der Waals surface area contributed by atoms with Gasteiger partial charge in [-0.05, 0) is 31.4 Å². The fourth-order valence-electron chi connectivity index (χ4n) is 3.28. The minimum Gasteiger partial charge on any atom is -0.479 e. The van der Waals surface area contributed by atoms with Crippen LogP contribution in [0.2, 0.25) is 0 Å². The van der Waals surface area contributed by atoms with E-state index in [2.05, 4.69) is 5.10 Å². The topological polar surface area (TPSA) is 75.4 Å². The lowest BCUT2D eigenvalue weighted by Crippen LogP contribution is -2.43. The molecule has 120 valence electrons. The number of fused-ring (bicyclic) bond motifs is 1. The van der Waals surface area contributed by atoms with Gasteiger partial charge in [0, 0.05) is 19.3 Å². The monoisotopic (exact) mass is 313 g/mol. The van der Waals surface area contributed by atoms with Crippen molar-refractivity contribution >= 4 is 11.9 Å². The summed E-state index contributed by atoms with van der Waals surface area (Å²) in [6.07, 6.45) is 0.657. The highest BCUT2D eigenvalue weighted by molar-refractivity contribution is 5.99. The van der Waals surface area contributed by atoms with E-state index in [0.717, 1.165) is 11.3 Å². The summed E-state index contributed by atoms with van der Waals surface area (Å²) < 4.78 is 1.65. The normalized spacial score (nSPS) is 17.0. The van der Waals surface area contributed by atoms with Crippen LogP contribution in [0.3, 0.4) is 0 Å². The van der Waals surface area contributed by atoms with E-state index in [1.165, 1.54) is 4.90 Å². The summed E-state index contributed by atoms with van der Waals surface area (Å²) in [5.74, 6) is -1.28. The third-order valence-corrected chi connectivity index (χ3v) is 4.50. The molecule has 1 atom stereocenters. The van der Waals surface area contributed by atoms with E-state index >= 15 is 0 Å². The van der Waals surface area contributed by atoms with Crippen LogP contribution in [0.15, 0.2) is 24.3 Å². The highest BCUT2D eigenvalue weighted by atomic mass is 16.4. The first kappa shape index (κ1) is 15.3. The number of aliphatic carboxylic acids is 1. The summed E-state index contributed by atoms with van der Waals surface area (Å²) in [4.78, 5) is 26.3. The molecule has 1 unspecified atom stereocenters. The molecule has 1 N–H and O–H groups in total. The highest BCUT2D eigenvalue weighted by Gasteiger charge is 2.37. The average Bonchev–Trinajstić information content (AvgIpc) is 2.78. The van der Waals surface area contributed by atoms with E-state index in [4.69, 9.17) is 0 Å².